The molecule has 114 valence electrons. The third-order valence-corrected chi connectivity index (χ3v) is 4.50. The maximum Gasteiger partial charge on any atom is 1.00 e. The van der Waals surface area contributed by atoms with Crippen LogP contribution in [0.1, 0.15) is 19.3 Å². The van der Waals surface area contributed by atoms with Crippen LogP contribution in [0.25, 0.3) is 0 Å². The van der Waals surface area contributed by atoms with Gasteiger partial charge >= 0.3 is 18.9 Å². The number of hydrogen-bond acceptors (Lipinski definition) is 5. The standard InChI is InChI=1S/C16H21NO4.Li/c18-15(19)16(7-10-20-11-8-16)17-9-6-14(12-17)21-13-4-2-1-3-5-13;/h1-5,14H,6-12H2,(H,18,19);/q;+1/p-1. The normalized spacial score (nSPS) is 24.5. The topological polar surface area (TPSA) is 61.8 Å². The minimum Gasteiger partial charge on any atom is -0.548 e. The third-order valence-electron chi connectivity index (χ3n) is 4.50. The molecular formula is C16H20LiNO4. The number of aliphatic carboxylic acids is 1. The first-order valence-corrected chi connectivity index (χ1v) is 7.47. The first-order valence-electron chi connectivity index (χ1n) is 7.47. The molecule has 0 radical (unpaired) electrons. The summed E-state index contributed by atoms with van der Waals surface area (Å²) in [4.78, 5) is 13.7. The number of hydrogen-bond donors (Lipinski definition) is 0. The molecule has 1 atom stereocenters. The summed E-state index contributed by atoms with van der Waals surface area (Å²) in [6, 6.07) is 9.66. The van der Waals surface area contributed by atoms with Crippen molar-refractivity contribution in [1.82, 2.24) is 4.90 Å². The van der Waals surface area contributed by atoms with Crippen LogP contribution in [0.15, 0.2) is 30.3 Å². The summed E-state index contributed by atoms with van der Waals surface area (Å²) in [7, 11) is 0. The van der Waals surface area contributed by atoms with E-state index in [2.05, 4.69) is 0 Å². The molecule has 0 N–H and O–H groups in total. The second kappa shape index (κ2) is 7.52. The van der Waals surface area contributed by atoms with E-state index in [-0.39, 0.29) is 25.0 Å². The monoisotopic (exact) mass is 297 g/mol. The molecule has 0 spiro atoms. The molecule has 2 aliphatic rings. The average molecular weight is 297 g/mol. The molecule has 22 heavy (non-hydrogen) atoms. The minimum absolute atomic E-state index is 0. The maximum absolute atomic E-state index is 11.7. The van der Waals surface area contributed by atoms with Crippen molar-refractivity contribution in [2.45, 2.75) is 30.9 Å². The third kappa shape index (κ3) is 3.49. The first-order chi connectivity index (χ1) is 10.2. The molecule has 1 unspecified atom stereocenters. The quantitative estimate of drug-likeness (QED) is 0.572. The Morgan fingerprint density at radius 1 is 1.27 bits per heavy atom. The number of benzene rings is 1. The Bertz CT molecular complexity index is 490. The van der Waals surface area contributed by atoms with Crippen LogP contribution in [0.5, 0.6) is 5.75 Å². The van der Waals surface area contributed by atoms with E-state index in [4.69, 9.17) is 9.47 Å². The van der Waals surface area contributed by atoms with Crippen molar-refractivity contribution < 1.29 is 38.2 Å². The summed E-state index contributed by atoms with van der Waals surface area (Å²) in [6.45, 7) is 2.32. The SMILES string of the molecule is O=C([O-])C1(N2CCC(Oc3ccccc3)C2)CCOCC1.[Li+]. The van der Waals surface area contributed by atoms with Crippen LogP contribution < -0.4 is 28.7 Å². The van der Waals surface area contributed by atoms with Gasteiger partial charge in [0.1, 0.15) is 11.9 Å². The van der Waals surface area contributed by atoms with Crippen LogP contribution in [0, 0.1) is 0 Å². The fourth-order valence-corrected chi connectivity index (χ4v) is 3.26. The summed E-state index contributed by atoms with van der Waals surface area (Å²) in [5.74, 6) is -0.148. The summed E-state index contributed by atoms with van der Waals surface area (Å²) in [5.41, 5.74) is -0.882. The Kier molecular flexibility index (Phi) is 5.93. The van der Waals surface area contributed by atoms with E-state index in [0.717, 1.165) is 18.7 Å². The zero-order chi connectivity index (χ0) is 14.7. The predicted molar refractivity (Wildman–Crippen MR) is 74.8 cm³/mol. The molecule has 2 aliphatic heterocycles. The maximum atomic E-state index is 11.7. The summed E-state index contributed by atoms with van der Waals surface area (Å²) in [6.07, 6.45) is 1.86. The first kappa shape index (κ1) is 17.4. The van der Waals surface area contributed by atoms with E-state index in [0.29, 0.717) is 32.6 Å². The Labute approximate surface area is 142 Å². The second-order valence-corrected chi connectivity index (χ2v) is 5.72. The fraction of sp³-hybridized carbons (Fsp3) is 0.562. The van der Waals surface area contributed by atoms with Crippen molar-refractivity contribution in [2.75, 3.05) is 26.3 Å². The van der Waals surface area contributed by atoms with Gasteiger partial charge in [-0.25, -0.2) is 0 Å². The van der Waals surface area contributed by atoms with Gasteiger partial charge in [0.2, 0.25) is 0 Å². The number of ether oxygens (including phenoxy) is 2. The van der Waals surface area contributed by atoms with Crippen LogP contribution in [0.4, 0.5) is 0 Å². The van der Waals surface area contributed by atoms with Crippen molar-refractivity contribution in [3.05, 3.63) is 30.3 Å². The number of carbonyl (C=O) groups is 1. The van der Waals surface area contributed by atoms with E-state index in [9.17, 15) is 9.90 Å². The minimum atomic E-state index is -0.980. The molecule has 0 saturated carbocycles. The average Bonchev–Trinajstić information content (AvgIpc) is 2.98. The Morgan fingerprint density at radius 2 is 1.95 bits per heavy atom. The van der Waals surface area contributed by atoms with E-state index < -0.39 is 11.5 Å². The van der Waals surface area contributed by atoms with Gasteiger partial charge in [0.05, 0.1) is 11.5 Å². The van der Waals surface area contributed by atoms with E-state index >= 15 is 0 Å². The van der Waals surface area contributed by atoms with Gasteiger partial charge in [-0.15, -0.1) is 0 Å². The van der Waals surface area contributed by atoms with E-state index in [1.54, 1.807) is 0 Å². The molecule has 2 heterocycles. The molecule has 0 amide bonds. The molecule has 0 bridgehead atoms. The van der Waals surface area contributed by atoms with Crippen LogP contribution >= 0.6 is 0 Å². The van der Waals surface area contributed by atoms with Gasteiger partial charge in [0.25, 0.3) is 0 Å². The Balaban J connectivity index is 0.00000176. The van der Waals surface area contributed by atoms with Gasteiger partial charge in [-0.3, -0.25) is 4.90 Å². The van der Waals surface area contributed by atoms with Gasteiger partial charge in [-0.2, -0.15) is 0 Å². The number of carbonyl (C=O) groups excluding carboxylic acids is 1. The summed E-state index contributed by atoms with van der Waals surface area (Å²) < 4.78 is 11.2. The van der Waals surface area contributed by atoms with E-state index in [1.807, 2.05) is 35.2 Å². The van der Waals surface area contributed by atoms with Crippen molar-refractivity contribution in [3.8, 4) is 5.75 Å². The molecule has 5 nitrogen and oxygen atoms in total. The van der Waals surface area contributed by atoms with Crippen LogP contribution in [-0.2, 0) is 9.53 Å². The zero-order valence-corrected chi connectivity index (χ0v) is 13.0. The van der Waals surface area contributed by atoms with Crippen molar-refractivity contribution in [1.29, 1.82) is 0 Å². The molecule has 6 heteroatoms. The number of rotatable bonds is 4. The Hall–Kier alpha value is -0.993. The molecule has 0 aliphatic carbocycles. The molecule has 2 saturated heterocycles. The Morgan fingerprint density at radius 3 is 2.59 bits per heavy atom. The van der Waals surface area contributed by atoms with Crippen molar-refractivity contribution in [2.24, 2.45) is 0 Å². The second-order valence-electron chi connectivity index (χ2n) is 5.72. The van der Waals surface area contributed by atoms with Gasteiger partial charge in [0, 0.05) is 26.3 Å². The summed E-state index contributed by atoms with van der Waals surface area (Å²) in [5, 5.41) is 11.7. The van der Waals surface area contributed by atoms with Gasteiger partial charge in [0.15, 0.2) is 0 Å². The molecule has 3 rings (SSSR count). The van der Waals surface area contributed by atoms with Crippen LogP contribution in [0.2, 0.25) is 0 Å². The van der Waals surface area contributed by atoms with Gasteiger partial charge in [-0.1, -0.05) is 18.2 Å². The molecule has 2 fully saturated rings. The number of nitrogens with zero attached hydrogens (tertiary/aromatic N) is 1. The number of likely N-dealkylation sites (tertiary alicyclic amines) is 1. The smallest absolute Gasteiger partial charge is 0.548 e. The van der Waals surface area contributed by atoms with Crippen molar-refractivity contribution >= 4 is 5.97 Å². The van der Waals surface area contributed by atoms with Crippen LogP contribution in [-0.4, -0.2) is 48.8 Å². The van der Waals surface area contributed by atoms with E-state index in [1.165, 1.54) is 0 Å². The van der Waals surface area contributed by atoms with Crippen molar-refractivity contribution in [3.63, 3.8) is 0 Å². The van der Waals surface area contributed by atoms with Crippen LogP contribution in [0.3, 0.4) is 0 Å². The fourth-order valence-electron chi connectivity index (χ4n) is 3.26. The largest absolute Gasteiger partial charge is 1.00 e. The van der Waals surface area contributed by atoms with Gasteiger partial charge in [-0.05, 0) is 31.4 Å². The molecule has 0 aromatic heterocycles. The molecule has 1 aromatic rings. The van der Waals surface area contributed by atoms with Gasteiger partial charge < -0.3 is 19.4 Å². The zero-order valence-electron chi connectivity index (χ0n) is 13.0. The molecule has 1 aromatic carbocycles. The number of carboxylic acids is 1. The molecular weight excluding hydrogens is 277 g/mol. The number of para-hydroxylation sites is 1. The predicted octanol–water partition coefficient (Wildman–Crippen LogP) is -2.56. The summed E-state index contributed by atoms with van der Waals surface area (Å²) >= 11 is 0. The number of carboxylic acid groups (broad SMARTS) is 1.